The van der Waals surface area contributed by atoms with Gasteiger partial charge in [-0.05, 0) is 55.8 Å². The first-order valence-corrected chi connectivity index (χ1v) is 9.55. The van der Waals surface area contributed by atoms with Crippen LogP contribution in [0, 0.1) is 5.82 Å². The van der Waals surface area contributed by atoms with Gasteiger partial charge < -0.3 is 15.5 Å². The molecule has 0 unspecified atom stereocenters. The molecule has 0 aliphatic rings. The van der Waals surface area contributed by atoms with Crippen LogP contribution in [0.1, 0.15) is 29.9 Å². The van der Waals surface area contributed by atoms with Crippen molar-refractivity contribution in [2.45, 2.75) is 20.4 Å². The summed E-state index contributed by atoms with van der Waals surface area (Å²) in [5.41, 5.74) is 2.96. The van der Waals surface area contributed by atoms with Crippen molar-refractivity contribution in [3.05, 3.63) is 78.0 Å². The molecule has 0 radical (unpaired) electrons. The number of aromatic nitrogens is 2. The lowest BCUT2D eigenvalue weighted by atomic mass is 10.2. The predicted octanol–water partition coefficient (Wildman–Crippen LogP) is 4.33. The number of carbonyl (C=O) groups excluding carboxylic acids is 1. The Balaban J connectivity index is 1.56. The Morgan fingerprint density at radius 3 is 2.24 bits per heavy atom. The van der Waals surface area contributed by atoms with Gasteiger partial charge in [0.05, 0.1) is 12.4 Å². The van der Waals surface area contributed by atoms with Crippen molar-refractivity contribution in [3.63, 3.8) is 0 Å². The molecule has 150 valence electrons. The highest BCUT2D eigenvalue weighted by molar-refractivity contribution is 6.02. The fourth-order valence-corrected chi connectivity index (χ4v) is 2.87. The van der Waals surface area contributed by atoms with Crippen molar-refractivity contribution < 1.29 is 9.18 Å². The van der Waals surface area contributed by atoms with Crippen LogP contribution in [0.4, 0.5) is 21.6 Å². The molecule has 1 aromatic heterocycles. The van der Waals surface area contributed by atoms with E-state index in [4.69, 9.17) is 0 Å². The van der Waals surface area contributed by atoms with Crippen LogP contribution in [0.15, 0.2) is 60.9 Å². The minimum absolute atomic E-state index is 0.227. The topological polar surface area (TPSA) is 70.2 Å². The summed E-state index contributed by atoms with van der Waals surface area (Å²) < 4.78 is 12.9. The molecule has 0 saturated heterocycles. The largest absolute Gasteiger partial charge is 0.372 e. The lowest BCUT2D eigenvalue weighted by molar-refractivity contribution is 0.102. The number of anilines is 3. The Morgan fingerprint density at radius 1 is 0.966 bits per heavy atom. The molecule has 3 rings (SSSR count). The van der Waals surface area contributed by atoms with E-state index in [1.165, 1.54) is 24.5 Å². The highest BCUT2D eigenvalue weighted by Crippen LogP contribution is 2.18. The summed E-state index contributed by atoms with van der Waals surface area (Å²) in [7, 11) is 0. The van der Waals surface area contributed by atoms with Gasteiger partial charge in [-0.1, -0.05) is 12.1 Å². The number of hydrogen-bond donors (Lipinski definition) is 2. The van der Waals surface area contributed by atoms with Crippen LogP contribution in [0.5, 0.6) is 0 Å². The zero-order chi connectivity index (χ0) is 20.6. The molecule has 3 aromatic rings. The minimum Gasteiger partial charge on any atom is -0.372 e. The molecule has 0 fully saturated rings. The van der Waals surface area contributed by atoms with Crippen LogP contribution < -0.4 is 15.5 Å². The zero-order valence-corrected chi connectivity index (χ0v) is 16.5. The molecule has 0 saturated carbocycles. The summed E-state index contributed by atoms with van der Waals surface area (Å²) in [6.07, 6.45) is 2.93. The standard InChI is InChI=1S/C22H24FN5O/c1-3-28(4-2)19-11-9-18(10-12-19)27-22(29)20-14-26-21(15-24-20)25-13-16-5-7-17(23)8-6-16/h5-12,14-15H,3-4,13H2,1-2H3,(H,25,26)(H,27,29). The second-order valence-corrected chi connectivity index (χ2v) is 6.44. The first-order valence-electron chi connectivity index (χ1n) is 9.55. The second kappa shape index (κ2) is 9.64. The van der Waals surface area contributed by atoms with Crippen LogP contribution in [-0.2, 0) is 6.54 Å². The minimum atomic E-state index is -0.321. The quantitative estimate of drug-likeness (QED) is 0.596. The molecule has 2 N–H and O–H groups in total. The number of benzene rings is 2. The Hall–Kier alpha value is -3.48. The van der Waals surface area contributed by atoms with Crippen LogP contribution in [0.2, 0.25) is 0 Å². The summed E-state index contributed by atoms with van der Waals surface area (Å²) in [6.45, 7) is 6.56. The smallest absolute Gasteiger partial charge is 0.275 e. The van der Waals surface area contributed by atoms with Gasteiger partial charge in [0, 0.05) is 31.0 Å². The Kier molecular flexibility index (Phi) is 6.73. The Bertz CT molecular complexity index is 923. The number of halogens is 1. The number of amides is 1. The fraction of sp³-hybridized carbons (Fsp3) is 0.227. The summed E-state index contributed by atoms with van der Waals surface area (Å²) in [5.74, 6) is -0.0563. The number of nitrogens with zero attached hydrogens (tertiary/aromatic N) is 3. The first kappa shape index (κ1) is 20.3. The van der Waals surface area contributed by atoms with Crippen molar-refractivity contribution in [3.8, 4) is 0 Å². The van der Waals surface area contributed by atoms with Gasteiger partial charge in [-0.25, -0.2) is 14.4 Å². The van der Waals surface area contributed by atoms with Crippen LogP contribution in [0.3, 0.4) is 0 Å². The summed E-state index contributed by atoms with van der Waals surface area (Å²) in [6, 6.07) is 13.9. The maximum Gasteiger partial charge on any atom is 0.275 e. The van der Waals surface area contributed by atoms with Crippen molar-refractivity contribution in [1.29, 1.82) is 0 Å². The molecule has 0 spiro atoms. The third kappa shape index (κ3) is 5.51. The van der Waals surface area contributed by atoms with E-state index in [9.17, 15) is 9.18 Å². The highest BCUT2D eigenvalue weighted by atomic mass is 19.1. The summed E-state index contributed by atoms with van der Waals surface area (Å²) >= 11 is 0. The second-order valence-electron chi connectivity index (χ2n) is 6.44. The molecule has 6 nitrogen and oxygen atoms in total. The van der Waals surface area contributed by atoms with E-state index >= 15 is 0 Å². The third-order valence-electron chi connectivity index (χ3n) is 4.53. The molecule has 0 aliphatic carbocycles. The Labute approximate surface area is 169 Å². The molecule has 0 aliphatic heterocycles. The Morgan fingerprint density at radius 2 is 1.66 bits per heavy atom. The SMILES string of the molecule is CCN(CC)c1ccc(NC(=O)c2cnc(NCc3ccc(F)cc3)cn2)cc1. The maximum absolute atomic E-state index is 12.9. The lowest BCUT2D eigenvalue weighted by Gasteiger charge is -2.21. The van der Waals surface area contributed by atoms with E-state index < -0.39 is 0 Å². The van der Waals surface area contributed by atoms with E-state index in [0.717, 1.165) is 24.3 Å². The van der Waals surface area contributed by atoms with Crippen molar-refractivity contribution in [2.24, 2.45) is 0 Å². The summed E-state index contributed by atoms with van der Waals surface area (Å²) in [4.78, 5) is 23.0. The zero-order valence-electron chi connectivity index (χ0n) is 16.5. The average molecular weight is 393 g/mol. The van der Waals surface area contributed by atoms with Gasteiger partial charge in [0.15, 0.2) is 0 Å². The predicted molar refractivity (Wildman–Crippen MR) is 114 cm³/mol. The number of rotatable bonds is 8. The van der Waals surface area contributed by atoms with Gasteiger partial charge in [-0.3, -0.25) is 4.79 Å². The monoisotopic (exact) mass is 393 g/mol. The van der Waals surface area contributed by atoms with Crippen molar-refractivity contribution >= 4 is 23.1 Å². The van der Waals surface area contributed by atoms with Crippen LogP contribution in [0.25, 0.3) is 0 Å². The third-order valence-corrected chi connectivity index (χ3v) is 4.53. The van der Waals surface area contributed by atoms with E-state index in [2.05, 4.69) is 39.3 Å². The lowest BCUT2D eigenvalue weighted by Crippen LogP contribution is -2.21. The van der Waals surface area contributed by atoms with Gasteiger partial charge in [0.25, 0.3) is 5.91 Å². The van der Waals surface area contributed by atoms with Crippen LogP contribution in [-0.4, -0.2) is 29.0 Å². The van der Waals surface area contributed by atoms with Gasteiger partial charge in [0.2, 0.25) is 0 Å². The molecule has 0 bridgehead atoms. The van der Waals surface area contributed by atoms with Crippen LogP contribution >= 0.6 is 0 Å². The van der Waals surface area contributed by atoms with Crippen molar-refractivity contribution in [2.75, 3.05) is 28.6 Å². The summed E-state index contributed by atoms with van der Waals surface area (Å²) in [5, 5.41) is 5.92. The molecular formula is C22H24FN5O. The number of hydrogen-bond acceptors (Lipinski definition) is 5. The molecular weight excluding hydrogens is 369 g/mol. The maximum atomic E-state index is 12.9. The van der Waals surface area contributed by atoms with E-state index in [1.807, 2.05) is 24.3 Å². The average Bonchev–Trinajstić information content (AvgIpc) is 2.76. The van der Waals surface area contributed by atoms with Gasteiger partial charge in [-0.2, -0.15) is 0 Å². The fourth-order valence-electron chi connectivity index (χ4n) is 2.87. The number of carbonyl (C=O) groups is 1. The molecule has 7 heteroatoms. The van der Waals surface area contributed by atoms with E-state index in [0.29, 0.717) is 18.1 Å². The van der Waals surface area contributed by atoms with Gasteiger partial charge in [0.1, 0.15) is 17.3 Å². The van der Waals surface area contributed by atoms with Crippen molar-refractivity contribution in [1.82, 2.24) is 9.97 Å². The van der Waals surface area contributed by atoms with E-state index in [-0.39, 0.29) is 17.4 Å². The van der Waals surface area contributed by atoms with Gasteiger partial charge >= 0.3 is 0 Å². The molecule has 1 heterocycles. The molecule has 0 atom stereocenters. The molecule has 1 amide bonds. The molecule has 2 aromatic carbocycles. The highest BCUT2D eigenvalue weighted by Gasteiger charge is 2.09. The first-order chi connectivity index (χ1) is 14.1. The van der Waals surface area contributed by atoms with Gasteiger partial charge in [-0.15, -0.1) is 0 Å². The number of nitrogens with one attached hydrogen (secondary N) is 2. The molecule has 29 heavy (non-hydrogen) atoms. The van der Waals surface area contributed by atoms with E-state index in [1.54, 1.807) is 12.1 Å². The normalized spacial score (nSPS) is 10.4.